The smallest absolute Gasteiger partial charge is 0.337 e. The third-order valence-corrected chi connectivity index (χ3v) is 7.70. The van der Waals surface area contributed by atoms with Crippen LogP contribution in [0.4, 0.5) is 0 Å². The molecule has 1 fully saturated rings. The number of nitrogens with zero attached hydrogens (tertiary/aromatic N) is 1. The number of carbonyl (C=O) groups excluding carboxylic acids is 1. The maximum Gasteiger partial charge on any atom is 0.337 e. The van der Waals surface area contributed by atoms with Gasteiger partial charge in [-0.2, -0.15) is 0 Å². The molecule has 4 aromatic rings. The second-order valence-electron chi connectivity index (χ2n) is 10.4. The number of hydrogen-bond acceptors (Lipinski definition) is 6. The summed E-state index contributed by atoms with van der Waals surface area (Å²) in [5.74, 6) is 7.51. The Hall–Kier alpha value is -3.47. The summed E-state index contributed by atoms with van der Waals surface area (Å²) in [5, 5.41) is 9.09. The maximum atomic E-state index is 12.2. The van der Waals surface area contributed by atoms with Crippen molar-refractivity contribution in [1.29, 1.82) is 0 Å². The highest BCUT2D eigenvalue weighted by molar-refractivity contribution is 6.39. The molecule has 1 aliphatic carbocycles. The van der Waals surface area contributed by atoms with Crippen LogP contribution in [0.15, 0.2) is 59.1 Å². The zero-order valence-electron chi connectivity index (χ0n) is 23.4. The molecule has 9 heteroatoms. The molecule has 5 rings (SSSR count). The van der Waals surface area contributed by atoms with E-state index in [-0.39, 0.29) is 6.61 Å². The van der Waals surface area contributed by atoms with Gasteiger partial charge in [-0.1, -0.05) is 71.7 Å². The van der Waals surface area contributed by atoms with Gasteiger partial charge in [0.05, 0.1) is 33.3 Å². The maximum absolute atomic E-state index is 12.2. The molecule has 3 aromatic carbocycles. The predicted molar refractivity (Wildman–Crippen MR) is 165 cm³/mol. The summed E-state index contributed by atoms with van der Waals surface area (Å²) in [7, 11) is 1.36. The quantitative estimate of drug-likeness (QED) is 0.149. The Bertz CT molecular complexity index is 1660. The van der Waals surface area contributed by atoms with E-state index < -0.39 is 5.97 Å². The highest BCUT2D eigenvalue weighted by atomic mass is 35.5. The second kappa shape index (κ2) is 13.2. The molecule has 216 valence electrons. The van der Waals surface area contributed by atoms with Gasteiger partial charge >= 0.3 is 5.97 Å². The van der Waals surface area contributed by atoms with Crippen LogP contribution in [0.25, 0.3) is 11.3 Å². The number of carbonyl (C=O) groups is 1. The standard InChI is InChI=1S/C33H29Cl3N2O4/c1-19(2)37-17-21-13-20(14-24(15-21)33(39)40-3)7-8-22-11-12-25(16-29(22)36)41-18-26-31(38-42-32(26)23-9-10-23)30-27(34)5-4-6-28(30)35/h4-6,11-16,19,23,37H,9-10,17-18H2,1-3H3. The number of halogens is 3. The van der Waals surface area contributed by atoms with Gasteiger partial charge in [0, 0.05) is 41.3 Å². The molecule has 1 heterocycles. The molecule has 0 aliphatic heterocycles. The summed E-state index contributed by atoms with van der Waals surface area (Å²) in [5.41, 5.74) is 4.71. The van der Waals surface area contributed by atoms with Crippen LogP contribution in [0.5, 0.6) is 5.75 Å². The monoisotopic (exact) mass is 622 g/mol. The first-order valence-electron chi connectivity index (χ1n) is 13.6. The third kappa shape index (κ3) is 7.11. The largest absolute Gasteiger partial charge is 0.489 e. The van der Waals surface area contributed by atoms with Crippen LogP contribution in [0, 0.1) is 11.8 Å². The van der Waals surface area contributed by atoms with Crippen molar-refractivity contribution in [2.45, 2.75) is 51.8 Å². The van der Waals surface area contributed by atoms with E-state index >= 15 is 0 Å². The molecule has 0 spiro atoms. The van der Waals surface area contributed by atoms with Gasteiger partial charge in [0.15, 0.2) is 0 Å². The van der Waals surface area contributed by atoms with Crippen LogP contribution >= 0.6 is 34.8 Å². The molecular formula is C33H29Cl3N2O4. The van der Waals surface area contributed by atoms with E-state index in [4.69, 9.17) is 48.8 Å². The third-order valence-electron chi connectivity index (χ3n) is 6.76. The average molecular weight is 624 g/mol. The van der Waals surface area contributed by atoms with Crippen molar-refractivity contribution in [3.05, 3.63) is 103 Å². The van der Waals surface area contributed by atoms with Crippen LogP contribution in [0.3, 0.4) is 0 Å². The van der Waals surface area contributed by atoms with Crippen molar-refractivity contribution >= 4 is 40.8 Å². The Morgan fingerprint density at radius 3 is 2.48 bits per heavy atom. The fraction of sp³-hybridized carbons (Fsp3) is 0.273. The summed E-state index contributed by atoms with van der Waals surface area (Å²) in [6.07, 6.45) is 2.07. The molecule has 1 aliphatic rings. The van der Waals surface area contributed by atoms with Gasteiger partial charge < -0.3 is 19.3 Å². The van der Waals surface area contributed by atoms with Crippen molar-refractivity contribution in [3.63, 3.8) is 0 Å². The number of methoxy groups -OCH3 is 1. The molecule has 0 amide bonds. The number of nitrogens with one attached hydrogen (secondary N) is 1. The van der Waals surface area contributed by atoms with Crippen molar-refractivity contribution in [1.82, 2.24) is 10.5 Å². The van der Waals surface area contributed by atoms with Gasteiger partial charge in [0.25, 0.3) is 0 Å². The van der Waals surface area contributed by atoms with Gasteiger partial charge in [0.2, 0.25) is 0 Å². The summed E-state index contributed by atoms with van der Waals surface area (Å²) < 4.78 is 16.8. The van der Waals surface area contributed by atoms with Gasteiger partial charge in [0.1, 0.15) is 23.8 Å². The van der Waals surface area contributed by atoms with E-state index in [2.05, 4.69) is 36.2 Å². The minimum absolute atomic E-state index is 0.209. The van der Waals surface area contributed by atoms with Crippen LogP contribution in [-0.4, -0.2) is 24.3 Å². The molecule has 0 unspecified atom stereocenters. The molecule has 0 radical (unpaired) electrons. The fourth-order valence-electron chi connectivity index (χ4n) is 4.45. The van der Waals surface area contributed by atoms with E-state index in [1.807, 2.05) is 12.1 Å². The van der Waals surface area contributed by atoms with E-state index in [9.17, 15) is 4.79 Å². The van der Waals surface area contributed by atoms with Gasteiger partial charge in [-0.05, 0) is 60.9 Å². The molecule has 42 heavy (non-hydrogen) atoms. The molecule has 1 N–H and O–H groups in total. The number of hydrogen-bond donors (Lipinski definition) is 1. The molecule has 0 atom stereocenters. The SMILES string of the molecule is COC(=O)c1cc(C#Cc2ccc(OCc3c(-c4c(Cl)cccc4Cl)noc3C3CC3)cc2Cl)cc(CNC(C)C)c1. The van der Waals surface area contributed by atoms with Gasteiger partial charge in [-0.25, -0.2) is 4.79 Å². The van der Waals surface area contributed by atoms with Crippen LogP contribution in [-0.2, 0) is 17.9 Å². The Balaban J connectivity index is 1.36. The summed E-state index contributed by atoms with van der Waals surface area (Å²) >= 11 is 19.6. The Morgan fingerprint density at radius 1 is 1.05 bits per heavy atom. The summed E-state index contributed by atoms with van der Waals surface area (Å²) in [6.45, 7) is 4.93. The van der Waals surface area contributed by atoms with Crippen LogP contribution in [0.1, 0.15) is 71.0 Å². The number of rotatable bonds is 9. The minimum atomic E-state index is -0.415. The number of esters is 1. The Morgan fingerprint density at radius 2 is 1.81 bits per heavy atom. The summed E-state index contributed by atoms with van der Waals surface area (Å²) in [6, 6.07) is 16.4. The Kier molecular flexibility index (Phi) is 9.45. The molecule has 0 bridgehead atoms. The first kappa shape index (κ1) is 30.0. The Labute approximate surface area is 260 Å². The first-order chi connectivity index (χ1) is 20.2. The molecule has 6 nitrogen and oxygen atoms in total. The topological polar surface area (TPSA) is 73.6 Å². The molecule has 0 saturated heterocycles. The van der Waals surface area contributed by atoms with Crippen molar-refractivity contribution in [2.24, 2.45) is 0 Å². The highest BCUT2D eigenvalue weighted by Crippen LogP contribution is 2.46. The number of ether oxygens (including phenoxy) is 2. The lowest BCUT2D eigenvalue weighted by atomic mass is 10.0. The fourth-order valence-corrected chi connectivity index (χ4v) is 5.25. The second-order valence-corrected chi connectivity index (χ2v) is 11.6. The molecular weight excluding hydrogens is 595 g/mol. The first-order valence-corrected chi connectivity index (χ1v) is 14.7. The van der Waals surface area contributed by atoms with E-state index in [1.54, 1.807) is 42.5 Å². The minimum Gasteiger partial charge on any atom is -0.489 e. The van der Waals surface area contributed by atoms with Crippen molar-refractivity contribution < 1.29 is 18.8 Å². The zero-order valence-corrected chi connectivity index (χ0v) is 25.7. The van der Waals surface area contributed by atoms with Gasteiger partial charge in [-0.3, -0.25) is 0 Å². The molecule has 1 aromatic heterocycles. The average Bonchev–Trinajstić information content (AvgIpc) is 3.73. The lowest BCUT2D eigenvalue weighted by Gasteiger charge is -2.10. The van der Waals surface area contributed by atoms with Gasteiger partial charge in [-0.15, -0.1) is 0 Å². The normalized spacial score (nSPS) is 12.6. The van der Waals surface area contributed by atoms with Crippen LogP contribution in [0.2, 0.25) is 15.1 Å². The molecule has 1 saturated carbocycles. The van der Waals surface area contributed by atoms with E-state index in [0.29, 0.717) is 67.3 Å². The van der Waals surface area contributed by atoms with Crippen molar-refractivity contribution in [2.75, 3.05) is 7.11 Å². The number of aromatic nitrogens is 1. The summed E-state index contributed by atoms with van der Waals surface area (Å²) in [4.78, 5) is 12.2. The van der Waals surface area contributed by atoms with Crippen molar-refractivity contribution in [3.8, 4) is 28.8 Å². The van der Waals surface area contributed by atoms with Crippen LogP contribution < -0.4 is 10.1 Å². The lowest BCUT2D eigenvalue weighted by molar-refractivity contribution is 0.0600. The highest BCUT2D eigenvalue weighted by Gasteiger charge is 2.33. The zero-order chi connectivity index (χ0) is 29.8. The number of benzene rings is 3. The lowest BCUT2D eigenvalue weighted by Crippen LogP contribution is -2.22. The predicted octanol–water partition coefficient (Wildman–Crippen LogP) is 8.44. The van der Waals surface area contributed by atoms with E-state index in [0.717, 1.165) is 29.7 Å². The van der Waals surface area contributed by atoms with E-state index in [1.165, 1.54) is 7.11 Å².